The normalized spacial score (nSPS) is 17.1. The highest BCUT2D eigenvalue weighted by atomic mass is 32.1. The maximum atomic E-state index is 11.1. The molecule has 19 heavy (non-hydrogen) atoms. The van der Waals surface area contributed by atoms with Crippen molar-refractivity contribution >= 4 is 28.8 Å². The molecule has 0 aliphatic carbocycles. The molecule has 0 spiro atoms. The number of anilines is 1. The van der Waals surface area contributed by atoms with Gasteiger partial charge in [0.05, 0.1) is 23.8 Å². The zero-order chi connectivity index (χ0) is 13.8. The van der Waals surface area contributed by atoms with Crippen LogP contribution in [-0.4, -0.2) is 37.6 Å². The summed E-state index contributed by atoms with van der Waals surface area (Å²) in [5, 5.41) is 1.03. The monoisotopic (exact) mass is 280 g/mol. The molecule has 0 saturated carbocycles. The van der Waals surface area contributed by atoms with E-state index >= 15 is 0 Å². The van der Waals surface area contributed by atoms with Crippen molar-refractivity contribution in [3.63, 3.8) is 0 Å². The smallest absolute Gasteiger partial charge is 0.186 e. The van der Waals surface area contributed by atoms with Gasteiger partial charge in [0.1, 0.15) is 6.29 Å². The average molecular weight is 280 g/mol. The second-order valence-electron chi connectivity index (χ2n) is 4.96. The van der Waals surface area contributed by atoms with Crippen LogP contribution >= 0.6 is 11.3 Å². The van der Waals surface area contributed by atoms with Gasteiger partial charge in [-0.3, -0.25) is 4.79 Å². The van der Waals surface area contributed by atoms with Crippen LogP contribution in [0.5, 0.6) is 0 Å². The number of allylic oxidation sites excluding steroid dienone is 1. The summed E-state index contributed by atoms with van der Waals surface area (Å²) < 4.78 is 5.35. The number of morpholine rings is 1. The number of aryl methyl sites for hydroxylation is 1. The highest BCUT2D eigenvalue weighted by Crippen LogP contribution is 2.29. The molecule has 1 fully saturated rings. The molecule has 104 valence electrons. The molecule has 5 heteroatoms. The van der Waals surface area contributed by atoms with Gasteiger partial charge in [-0.15, -0.1) is 0 Å². The van der Waals surface area contributed by atoms with Crippen LogP contribution in [0.1, 0.15) is 24.4 Å². The highest BCUT2D eigenvalue weighted by Gasteiger charge is 2.16. The lowest BCUT2D eigenvalue weighted by Gasteiger charge is -2.26. The maximum Gasteiger partial charge on any atom is 0.186 e. The number of thiazole rings is 1. The second kappa shape index (κ2) is 6.30. The van der Waals surface area contributed by atoms with Crippen LogP contribution in [0.2, 0.25) is 0 Å². The summed E-state index contributed by atoms with van der Waals surface area (Å²) >= 11 is 1.65. The third-order valence-electron chi connectivity index (χ3n) is 3.20. The van der Waals surface area contributed by atoms with E-state index in [-0.39, 0.29) is 5.92 Å². The van der Waals surface area contributed by atoms with E-state index in [0.717, 1.165) is 53.9 Å². The van der Waals surface area contributed by atoms with Gasteiger partial charge < -0.3 is 9.64 Å². The van der Waals surface area contributed by atoms with Gasteiger partial charge in [-0.25, -0.2) is 4.98 Å². The SMILES string of the molecule is Cc1nc(N2CCOCC2)sc1C=C(C=O)C(C)C. The Balaban J connectivity index is 2.23. The van der Waals surface area contributed by atoms with E-state index in [1.54, 1.807) is 11.3 Å². The number of carbonyl (C=O) groups is 1. The van der Waals surface area contributed by atoms with Crippen molar-refractivity contribution in [1.82, 2.24) is 4.98 Å². The van der Waals surface area contributed by atoms with E-state index in [1.807, 2.05) is 26.8 Å². The van der Waals surface area contributed by atoms with Crippen LogP contribution in [0.15, 0.2) is 5.57 Å². The van der Waals surface area contributed by atoms with Gasteiger partial charge in [0, 0.05) is 13.1 Å². The Labute approximate surface area is 118 Å². The van der Waals surface area contributed by atoms with E-state index < -0.39 is 0 Å². The van der Waals surface area contributed by atoms with Gasteiger partial charge >= 0.3 is 0 Å². The van der Waals surface area contributed by atoms with E-state index in [2.05, 4.69) is 9.88 Å². The van der Waals surface area contributed by atoms with Crippen LogP contribution in [-0.2, 0) is 9.53 Å². The van der Waals surface area contributed by atoms with Gasteiger partial charge in [0.15, 0.2) is 5.13 Å². The van der Waals surface area contributed by atoms with E-state index in [1.165, 1.54) is 0 Å². The quantitative estimate of drug-likeness (QED) is 0.628. The Hall–Kier alpha value is -1.20. The van der Waals surface area contributed by atoms with Crippen molar-refractivity contribution in [2.45, 2.75) is 20.8 Å². The van der Waals surface area contributed by atoms with Crippen molar-refractivity contribution in [3.05, 3.63) is 16.1 Å². The first-order chi connectivity index (χ1) is 9.11. The molecule has 4 nitrogen and oxygen atoms in total. The first-order valence-corrected chi connectivity index (χ1v) is 7.40. The van der Waals surface area contributed by atoms with Crippen molar-refractivity contribution in [3.8, 4) is 0 Å². The van der Waals surface area contributed by atoms with Crippen LogP contribution < -0.4 is 4.90 Å². The van der Waals surface area contributed by atoms with Crippen molar-refractivity contribution in [1.29, 1.82) is 0 Å². The Morgan fingerprint density at radius 1 is 1.42 bits per heavy atom. The summed E-state index contributed by atoms with van der Waals surface area (Å²) in [6, 6.07) is 0. The molecule has 0 atom stereocenters. The van der Waals surface area contributed by atoms with Gasteiger partial charge in [-0.2, -0.15) is 0 Å². The summed E-state index contributed by atoms with van der Waals surface area (Å²) in [6.45, 7) is 9.35. The molecule has 1 aromatic rings. The lowest BCUT2D eigenvalue weighted by Crippen LogP contribution is -2.36. The number of carbonyl (C=O) groups excluding carboxylic acids is 1. The fourth-order valence-corrected chi connectivity index (χ4v) is 2.98. The summed E-state index contributed by atoms with van der Waals surface area (Å²) in [5.41, 5.74) is 1.81. The summed E-state index contributed by atoms with van der Waals surface area (Å²) in [7, 11) is 0. The fourth-order valence-electron chi connectivity index (χ4n) is 1.91. The zero-order valence-corrected chi connectivity index (χ0v) is 12.5. The topological polar surface area (TPSA) is 42.4 Å². The average Bonchev–Trinajstić information content (AvgIpc) is 2.78. The molecule has 1 aliphatic rings. The maximum absolute atomic E-state index is 11.1. The number of aldehydes is 1. The third-order valence-corrected chi connectivity index (χ3v) is 4.37. The molecule has 2 heterocycles. The Bertz CT molecular complexity index is 474. The molecule has 2 rings (SSSR count). The van der Waals surface area contributed by atoms with Gasteiger partial charge in [-0.05, 0) is 24.5 Å². The number of nitrogens with zero attached hydrogens (tertiary/aromatic N) is 2. The predicted molar refractivity (Wildman–Crippen MR) is 78.8 cm³/mol. The summed E-state index contributed by atoms with van der Waals surface area (Å²) in [4.78, 5) is 19.0. The Kier molecular flexibility index (Phi) is 4.71. The second-order valence-corrected chi connectivity index (χ2v) is 5.97. The molecule has 0 amide bonds. The van der Waals surface area contributed by atoms with Crippen molar-refractivity contribution in [2.75, 3.05) is 31.2 Å². The van der Waals surface area contributed by atoms with Gasteiger partial charge in [-0.1, -0.05) is 25.2 Å². The standard InChI is InChI=1S/C14H20N2O2S/c1-10(2)12(9-17)8-13-11(3)15-14(19-13)16-4-6-18-7-5-16/h8-10H,4-7H2,1-3H3. The molecule has 0 aromatic carbocycles. The predicted octanol–water partition coefficient (Wildman–Crippen LogP) is 2.53. The molecule has 1 aromatic heterocycles. The molecule has 1 saturated heterocycles. The molecular formula is C14H20N2O2S. The fraction of sp³-hybridized carbons (Fsp3) is 0.571. The van der Waals surface area contributed by atoms with Crippen molar-refractivity contribution < 1.29 is 9.53 Å². The summed E-state index contributed by atoms with van der Waals surface area (Å²) in [6.07, 6.45) is 2.91. The lowest BCUT2D eigenvalue weighted by atomic mass is 10.0. The first-order valence-electron chi connectivity index (χ1n) is 6.58. The van der Waals surface area contributed by atoms with Crippen molar-refractivity contribution in [2.24, 2.45) is 5.92 Å². The van der Waals surface area contributed by atoms with Gasteiger partial charge in [0.25, 0.3) is 0 Å². The number of ether oxygens (including phenoxy) is 1. The number of hydrogen-bond donors (Lipinski definition) is 0. The van der Waals surface area contributed by atoms with Crippen LogP contribution in [0.3, 0.4) is 0 Å². The minimum absolute atomic E-state index is 0.242. The first kappa shape index (κ1) is 14.2. The molecular weight excluding hydrogens is 260 g/mol. The van der Waals surface area contributed by atoms with E-state index in [4.69, 9.17) is 4.74 Å². The molecule has 0 unspecified atom stereocenters. The lowest BCUT2D eigenvalue weighted by molar-refractivity contribution is -0.105. The molecule has 0 N–H and O–H groups in total. The van der Waals surface area contributed by atoms with Crippen LogP contribution in [0, 0.1) is 12.8 Å². The molecule has 0 bridgehead atoms. The third kappa shape index (κ3) is 3.42. The highest BCUT2D eigenvalue weighted by molar-refractivity contribution is 7.16. The Morgan fingerprint density at radius 2 is 2.11 bits per heavy atom. The minimum Gasteiger partial charge on any atom is -0.378 e. The molecule has 0 radical (unpaired) electrons. The summed E-state index contributed by atoms with van der Waals surface area (Å²) in [5.74, 6) is 0.242. The molecule has 1 aliphatic heterocycles. The number of aromatic nitrogens is 1. The van der Waals surface area contributed by atoms with Crippen LogP contribution in [0.25, 0.3) is 6.08 Å². The number of rotatable bonds is 4. The minimum atomic E-state index is 0.242. The Morgan fingerprint density at radius 3 is 2.68 bits per heavy atom. The van der Waals surface area contributed by atoms with Crippen LogP contribution in [0.4, 0.5) is 5.13 Å². The zero-order valence-electron chi connectivity index (χ0n) is 11.7. The van der Waals surface area contributed by atoms with E-state index in [9.17, 15) is 4.79 Å². The largest absolute Gasteiger partial charge is 0.378 e. The number of hydrogen-bond acceptors (Lipinski definition) is 5. The van der Waals surface area contributed by atoms with E-state index in [0.29, 0.717) is 0 Å². The van der Waals surface area contributed by atoms with Gasteiger partial charge in [0.2, 0.25) is 0 Å².